The van der Waals surface area contributed by atoms with Gasteiger partial charge in [0.1, 0.15) is 0 Å². The number of hydrogen-bond donors (Lipinski definition) is 2. The molecule has 0 bridgehead atoms. The average Bonchev–Trinajstić information content (AvgIpc) is 2.59. The summed E-state index contributed by atoms with van der Waals surface area (Å²) in [6, 6.07) is 3.30. The largest absolute Gasteiger partial charge is 0.493 e. The van der Waals surface area contributed by atoms with E-state index >= 15 is 0 Å². The third-order valence-electron chi connectivity index (χ3n) is 4.20. The quantitative estimate of drug-likeness (QED) is 0.826. The highest BCUT2D eigenvalue weighted by atomic mass is 35.5. The van der Waals surface area contributed by atoms with Gasteiger partial charge >= 0.3 is 0 Å². The predicted octanol–water partition coefficient (Wildman–Crippen LogP) is 2.04. The number of rotatable bonds is 5. The SMILES string of the molecule is COc1cc(C(=O)N2CCCCC2CN)cc(NC(C)=O)c1OC.Cl. The van der Waals surface area contributed by atoms with Crippen molar-refractivity contribution in [3.8, 4) is 11.5 Å². The molecule has 0 aliphatic carbocycles. The van der Waals surface area contributed by atoms with Crippen molar-refractivity contribution in [1.29, 1.82) is 0 Å². The first-order chi connectivity index (χ1) is 11.5. The van der Waals surface area contributed by atoms with Crippen LogP contribution in [0.3, 0.4) is 0 Å². The second kappa shape index (κ2) is 9.48. The van der Waals surface area contributed by atoms with Gasteiger partial charge in [0.05, 0.1) is 19.9 Å². The summed E-state index contributed by atoms with van der Waals surface area (Å²) < 4.78 is 10.6. The fraction of sp³-hybridized carbons (Fsp3) is 0.529. The number of piperidine rings is 1. The van der Waals surface area contributed by atoms with Gasteiger partial charge in [-0.15, -0.1) is 12.4 Å². The van der Waals surface area contributed by atoms with E-state index in [0.29, 0.717) is 35.8 Å². The molecule has 2 rings (SSSR count). The number of hydrogen-bond acceptors (Lipinski definition) is 5. The summed E-state index contributed by atoms with van der Waals surface area (Å²) in [4.78, 5) is 26.2. The molecule has 1 atom stereocenters. The van der Waals surface area contributed by atoms with E-state index in [4.69, 9.17) is 15.2 Å². The molecule has 1 aromatic rings. The van der Waals surface area contributed by atoms with Crippen LogP contribution >= 0.6 is 12.4 Å². The highest BCUT2D eigenvalue weighted by Crippen LogP contribution is 2.37. The van der Waals surface area contributed by atoms with E-state index in [2.05, 4.69) is 5.32 Å². The van der Waals surface area contributed by atoms with Crippen molar-refractivity contribution in [2.24, 2.45) is 5.73 Å². The molecule has 1 unspecified atom stereocenters. The van der Waals surface area contributed by atoms with E-state index in [1.54, 1.807) is 12.1 Å². The normalized spacial score (nSPS) is 16.6. The number of carbonyl (C=O) groups is 2. The number of nitrogens with zero attached hydrogens (tertiary/aromatic N) is 1. The first kappa shape index (κ1) is 21.1. The Labute approximate surface area is 154 Å². The van der Waals surface area contributed by atoms with Crippen molar-refractivity contribution in [1.82, 2.24) is 4.90 Å². The fourth-order valence-electron chi connectivity index (χ4n) is 3.05. The molecule has 1 aliphatic heterocycles. The second-order valence-electron chi connectivity index (χ2n) is 5.82. The zero-order chi connectivity index (χ0) is 17.7. The Morgan fingerprint density at radius 3 is 2.56 bits per heavy atom. The highest BCUT2D eigenvalue weighted by Gasteiger charge is 2.28. The molecular weight excluding hydrogens is 346 g/mol. The Hall–Kier alpha value is -1.99. The van der Waals surface area contributed by atoms with Gasteiger partial charge in [0.2, 0.25) is 5.91 Å². The minimum atomic E-state index is -0.252. The number of anilines is 1. The van der Waals surface area contributed by atoms with Crippen molar-refractivity contribution < 1.29 is 19.1 Å². The molecule has 1 fully saturated rings. The van der Waals surface area contributed by atoms with E-state index in [-0.39, 0.29) is 30.3 Å². The zero-order valence-electron chi connectivity index (χ0n) is 14.8. The van der Waals surface area contributed by atoms with Crippen LogP contribution in [0, 0.1) is 0 Å². The predicted molar refractivity (Wildman–Crippen MR) is 98.8 cm³/mol. The summed E-state index contributed by atoms with van der Waals surface area (Å²) in [5.74, 6) is 0.419. The number of nitrogens with one attached hydrogen (secondary N) is 1. The van der Waals surface area contributed by atoms with Crippen LogP contribution in [0.2, 0.25) is 0 Å². The van der Waals surface area contributed by atoms with Crippen LogP contribution < -0.4 is 20.5 Å². The molecule has 2 amide bonds. The minimum absolute atomic E-state index is 0. The topological polar surface area (TPSA) is 93.9 Å². The monoisotopic (exact) mass is 371 g/mol. The van der Waals surface area contributed by atoms with Crippen molar-refractivity contribution in [3.63, 3.8) is 0 Å². The van der Waals surface area contributed by atoms with E-state index in [0.717, 1.165) is 19.3 Å². The maximum absolute atomic E-state index is 12.9. The van der Waals surface area contributed by atoms with Gasteiger partial charge in [-0.05, 0) is 31.4 Å². The van der Waals surface area contributed by atoms with E-state index in [1.807, 2.05) is 4.90 Å². The summed E-state index contributed by atoms with van der Waals surface area (Å²) in [6.45, 7) is 2.53. The lowest BCUT2D eigenvalue weighted by molar-refractivity contribution is -0.114. The van der Waals surface area contributed by atoms with Crippen molar-refractivity contribution in [3.05, 3.63) is 17.7 Å². The van der Waals surface area contributed by atoms with Crippen LogP contribution in [-0.2, 0) is 4.79 Å². The number of nitrogens with two attached hydrogens (primary N) is 1. The standard InChI is InChI=1S/C17H25N3O4.ClH/c1-11(21)19-14-8-12(9-15(23-2)16(14)24-3)17(22)20-7-5-4-6-13(20)10-18;/h8-9,13H,4-7,10,18H2,1-3H3,(H,19,21);1H. The molecule has 0 spiro atoms. The molecule has 0 radical (unpaired) electrons. The van der Waals surface area contributed by atoms with Crippen molar-refractivity contribution in [2.45, 2.75) is 32.2 Å². The first-order valence-electron chi connectivity index (χ1n) is 8.06. The molecule has 140 valence electrons. The number of amides is 2. The number of carbonyl (C=O) groups excluding carboxylic acids is 2. The minimum Gasteiger partial charge on any atom is -0.493 e. The highest BCUT2D eigenvalue weighted by molar-refractivity contribution is 5.99. The lowest BCUT2D eigenvalue weighted by atomic mass is 10.0. The summed E-state index contributed by atoms with van der Waals surface area (Å²) >= 11 is 0. The maximum atomic E-state index is 12.9. The molecule has 0 saturated carbocycles. The van der Waals surface area contributed by atoms with Gasteiger partial charge in [0.15, 0.2) is 11.5 Å². The molecule has 1 aliphatic rings. The maximum Gasteiger partial charge on any atom is 0.254 e. The van der Waals surface area contributed by atoms with Gasteiger partial charge in [0, 0.05) is 31.6 Å². The van der Waals surface area contributed by atoms with Gasteiger partial charge in [-0.2, -0.15) is 0 Å². The zero-order valence-corrected chi connectivity index (χ0v) is 15.6. The first-order valence-corrected chi connectivity index (χ1v) is 8.06. The molecule has 0 aromatic heterocycles. The van der Waals surface area contributed by atoms with Crippen molar-refractivity contribution >= 4 is 29.9 Å². The molecule has 8 heteroatoms. The average molecular weight is 372 g/mol. The van der Waals surface area contributed by atoms with E-state index < -0.39 is 0 Å². The van der Waals surface area contributed by atoms with E-state index in [9.17, 15) is 9.59 Å². The summed E-state index contributed by atoms with van der Waals surface area (Å²) in [5.41, 5.74) is 6.66. The molecule has 1 saturated heterocycles. The van der Waals surface area contributed by atoms with Gasteiger partial charge < -0.3 is 25.4 Å². The molecule has 1 aromatic carbocycles. The Morgan fingerprint density at radius 2 is 2.00 bits per heavy atom. The van der Waals surface area contributed by atoms with Crippen LogP contribution in [0.15, 0.2) is 12.1 Å². The van der Waals surface area contributed by atoms with Crippen LogP contribution in [0.4, 0.5) is 5.69 Å². The lowest BCUT2D eigenvalue weighted by Gasteiger charge is -2.35. The van der Waals surface area contributed by atoms with E-state index in [1.165, 1.54) is 21.1 Å². The van der Waals surface area contributed by atoms with Gasteiger partial charge in [-0.3, -0.25) is 9.59 Å². The number of likely N-dealkylation sites (tertiary alicyclic amines) is 1. The summed E-state index contributed by atoms with van der Waals surface area (Å²) in [5, 5.41) is 2.68. The molecular formula is C17H26ClN3O4. The summed E-state index contributed by atoms with van der Waals surface area (Å²) in [7, 11) is 2.98. The lowest BCUT2D eigenvalue weighted by Crippen LogP contribution is -2.47. The van der Waals surface area contributed by atoms with Crippen LogP contribution in [-0.4, -0.2) is 50.1 Å². The smallest absolute Gasteiger partial charge is 0.254 e. The number of benzene rings is 1. The van der Waals surface area contributed by atoms with Crippen LogP contribution in [0.5, 0.6) is 11.5 Å². The fourth-order valence-corrected chi connectivity index (χ4v) is 3.05. The van der Waals surface area contributed by atoms with Crippen molar-refractivity contribution in [2.75, 3.05) is 32.6 Å². The molecule has 1 heterocycles. The van der Waals surface area contributed by atoms with Gasteiger partial charge in [-0.1, -0.05) is 0 Å². The molecule has 7 nitrogen and oxygen atoms in total. The Balaban J connectivity index is 0.00000312. The Morgan fingerprint density at radius 1 is 1.28 bits per heavy atom. The summed E-state index contributed by atoms with van der Waals surface area (Å²) in [6.07, 6.45) is 2.96. The third kappa shape index (κ3) is 4.76. The van der Waals surface area contributed by atoms with Gasteiger partial charge in [-0.25, -0.2) is 0 Å². The Kier molecular flexibility index (Phi) is 7.99. The Bertz CT molecular complexity index is 624. The third-order valence-corrected chi connectivity index (χ3v) is 4.20. The second-order valence-corrected chi connectivity index (χ2v) is 5.82. The molecule has 25 heavy (non-hydrogen) atoms. The van der Waals surface area contributed by atoms with Crippen LogP contribution in [0.1, 0.15) is 36.5 Å². The number of halogens is 1. The number of methoxy groups -OCH3 is 2. The van der Waals surface area contributed by atoms with Gasteiger partial charge in [0.25, 0.3) is 5.91 Å². The molecule has 3 N–H and O–H groups in total. The number of ether oxygens (including phenoxy) is 2. The van der Waals surface area contributed by atoms with Crippen LogP contribution in [0.25, 0.3) is 0 Å².